The van der Waals surface area contributed by atoms with E-state index in [-0.39, 0.29) is 12.5 Å². The van der Waals surface area contributed by atoms with Crippen LogP contribution in [-0.2, 0) is 4.79 Å². The highest BCUT2D eigenvalue weighted by Gasteiger charge is 2.03. The van der Waals surface area contributed by atoms with Gasteiger partial charge in [0.25, 0.3) is 5.91 Å². The van der Waals surface area contributed by atoms with Crippen LogP contribution < -0.4 is 10.1 Å². The predicted octanol–water partition coefficient (Wildman–Crippen LogP) is 4.24. The van der Waals surface area contributed by atoms with Gasteiger partial charge in [-0.15, -0.1) is 11.8 Å². The maximum absolute atomic E-state index is 11.8. The first-order valence-corrected chi connectivity index (χ1v) is 8.75. The highest BCUT2D eigenvalue weighted by molar-refractivity contribution is 7.99. The Balaban J connectivity index is 1.66. The van der Waals surface area contributed by atoms with Gasteiger partial charge >= 0.3 is 0 Å². The van der Waals surface area contributed by atoms with Crippen LogP contribution in [-0.4, -0.2) is 24.8 Å². The molecule has 0 spiro atoms. The normalized spacial score (nSPS) is 10.4. The minimum Gasteiger partial charge on any atom is -0.484 e. The average Bonchev–Trinajstić information content (AvgIpc) is 2.50. The molecule has 0 aromatic heterocycles. The molecule has 3 nitrogen and oxygen atoms in total. The summed E-state index contributed by atoms with van der Waals surface area (Å²) in [6.07, 6.45) is 0. The van der Waals surface area contributed by atoms with Crippen LogP contribution in [0.15, 0.2) is 47.4 Å². The van der Waals surface area contributed by atoms with Gasteiger partial charge in [0.1, 0.15) is 5.75 Å². The Labute approximate surface area is 146 Å². The van der Waals surface area contributed by atoms with Crippen LogP contribution in [0.5, 0.6) is 5.75 Å². The number of carbonyl (C=O) groups is 1. The number of hydrogen-bond donors (Lipinski definition) is 1. The van der Waals surface area contributed by atoms with Crippen LogP contribution in [0.4, 0.5) is 0 Å². The van der Waals surface area contributed by atoms with Crippen molar-refractivity contribution >= 4 is 29.3 Å². The minimum absolute atomic E-state index is 0.0362. The molecule has 1 N–H and O–H groups in total. The molecule has 0 aliphatic rings. The van der Waals surface area contributed by atoms with Gasteiger partial charge in [0.2, 0.25) is 0 Å². The summed E-state index contributed by atoms with van der Waals surface area (Å²) < 4.78 is 5.52. The quantitative estimate of drug-likeness (QED) is 0.600. The first-order chi connectivity index (χ1) is 11.0. The maximum Gasteiger partial charge on any atom is 0.257 e. The molecule has 122 valence electrons. The van der Waals surface area contributed by atoms with Gasteiger partial charge in [0.05, 0.1) is 0 Å². The molecule has 0 unspecified atom stereocenters. The van der Waals surface area contributed by atoms with E-state index in [1.807, 2.05) is 50.2 Å². The Hall–Kier alpha value is -1.65. The Kier molecular flexibility index (Phi) is 6.81. The molecule has 23 heavy (non-hydrogen) atoms. The SMILES string of the molecule is Cc1cc(C)cc(OCC(=O)NCCSc2ccc(Cl)cc2)c1. The van der Waals surface area contributed by atoms with Gasteiger partial charge in [-0.3, -0.25) is 4.79 Å². The number of rotatable bonds is 7. The number of halogens is 1. The first kappa shape index (κ1) is 17.7. The molecule has 0 radical (unpaired) electrons. The van der Waals surface area contributed by atoms with Gasteiger partial charge < -0.3 is 10.1 Å². The molecule has 0 saturated heterocycles. The third kappa shape index (κ3) is 6.55. The van der Waals surface area contributed by atoms with Crippen molar-refractivity contribution in [3.63, 3.8) is 0 Å². The third-order valence-electron chi connectivity index (χ3n) is 3.07. The Morgan fingerprint density at radius 3 is 2.43 bits per heavy atom. The standard InChI is InChI=1S/C18H20ClNO2S/c1-13-9-14(2)11-16(10-13)22-12-18(21)20-7-8-23-17-5-3-15(19)4-6-17/h3-6,9-11H,7-8,12H2,1-2H3,(H,20,21). The van der Waals surface area contributed by atoms with Crippen LogP contribution in [0.1, 0.15) is 11.1 Å². The smallest absolute Gasteiger partial charge is 0.257 e. The van der Waals surface area contributed by atoms with Crippen LogP contribution in [0.3, 0.4) is 0 Å². The topological polar surface area (TPSA) is 38.3 Å². The minimum atomic E-state index is -0.110. The number of nitrogens with one attached hydrogen (secondary N) is 1. The van der Waals surface area contributed by atoms with Crippen LogP contribution >= 0.6 is 23.4 Å². The molecular formula is C18H20ClNO2S. The van der Waals surface area contributed by atoms with Crippen molar-refractivity contribution in [2.24, 2.45) is 0 Å². The van der Waals surface area contributed by atoms with Gasteiger partial charge in [-0.1, -0.05) is 17.7 Å². The highest BCUT2D eigenvalue weighted by Crippen LogP contribution is 2.19. The van der Waals surface area contributed by atoms with E-state index in [2.05, 4.69) is 11.4 Å². The maximum atomic E-state index is 11.8. The zero-order chi connectivity index (χ0) is 16.7. The number of aryl methyl sites for hydroxylation is 2. The van der Waals surface area contributed by atoms with Crippen LogP contribution in [0.25, 0.3) is 0 Å². The van der Waals surface area contributed by atoms with E-state index >= 15 is 0 Å². The largest absolute Gasteiger partial charge is 0.484 e. The van der Waals surface area contributed by atoms with E-state index in [1.165, 1.54) is 0 Å². The fraction of sp³-hybridized carbons (Fsp3) is 0.278. The summed E-state index contributed by atoms with van der Waals surface area (Å²) in [6.45, 7) is 4.65. The van der Waals surface area contributed by atoms with Gasteiger partial charge in [-0.2, -0.15) is 0 Å². The fourth-order valence-corrected chi connectivity index (χ4v) is 3.00. The van der Waals surface area contributed by atoms with Crippen molar-refractivity contribution in [1.29, 1.82) is 0 Å². The Morgan fingerprint density at radius 1 is 1.13 bits per heavy atom. The van der Waals surface area contributed by atoms with Crippen molar-refractivity contribution in [3.8, 4) is 5.75 Å². The van der Waals surface area contributed by atoms with Crippen LogP contribution in [0, 0.1) is 13.8 Å². The lowest BCUT2D eigenvalue weighted by Crippen LogP contribution is -2.30. The molecule has 0 aliphatic carbocycles. The van der Waals surface area contributed by atoms with E-state index in [0.717, 1.165) is 32.5 Å². The second kappa shape index (κ2) is 8.85. The van der Waals surface area contributed by atoms with Crippen molar-refractivity contribution in [1.82, 2.24) is 5.32 Å². The summed E-state index contributed by atoms with van der Waals surface area (Å²) in [5.41, 5.74) is 2.25. The van der Waals surface area contributed by atoms with Gasteiger partial charge in [0.15, 0.2) is 6.61 Å². The number of benzene rings is 2. The predicted molar refractivity (Wildman–Crippen MR) is 96.6 cm³/mol. The lowest BCUT2D eigenvalue weighted by molar-refractivity contribution is -0.122. The fourth-order valence-electron chi connectivity index (χ4n) is 2.11. The van der Waals surface area contributed by atoms with E-state index in [1.54, 1.807) is 11.8 Å². The van der Waals surface area contributed by atoms with Crippen molar-refractivity contribution in [2.75, 3.05) is 18.9 Å². The molecule has 0 atom stereocenters. The number of carbonyl (C=O) groups excluding carboxylic acids is 1. The molecule has 1 amide bonds. The molecule has 2 rings (SSSR count). The average molecular weight is 350 g/mol. The molecule has 2 aromatic carbocycles. The van der Waals surface area contributed by atoms with E-state index in [4.69, 9.17) is 16.3 Å². The van der Waals surface area contributed by atoms with Crippen LogP contribution in [0.2, 0.25) is 5.02 Å². The summed E-state index contributed by atoms with van der Waals surface area (Å²) >= 11 is 7.51. The van der Waals surface area contributed by atoms with E-state index in [0.29, 0.717) is 6.54 Å². The van der Waals surface area contributed by atoms with Crippen molar-refractivity contribution < 1.29 is 9.53 Å². The molecule has 0 heterocycles. The lowest BCUT2D eigenvalue weighted by atomic mass is 10.1. The summed E-state index contributed by atoms with van der Waals surface area (Å²) in [4.78, 5) is 12.9. The first-order valence-electron chi connectivity index (χ1n) is 7.39. The molecule has 0 saturated carbocycles. The summed E-state index contributed by atoms with van der Waals surface area (Å²) in [6, 6.07) is 13.6. The molecular weight excluding hydrogens is 330 g/mol. The summed E-state index contributed by atoms with van der Waals surface area (Å²) in [7, 11) is 0. The Morgan fingerprint density at radius 2 is 1.78 bits per heavy atom. The summed E-state index contributed by atoms with van der Waals surface area (Å²) in [5.74, 6) is 1.42. The number of hydrogen-bond acceptors (Lipinski definition) is 3. The zero-order valence-corrected chi connectivity index (χ0v) is 14.8. The summed E-state index contributed by atoms with van der Waals surface area (Å²) in [5, 5.41) is 3.58. The number of amides is 1. The molecule has 0 fully saturated rings. The third-order valence-corrected chi connectivity index (χ3v) is 4.34. The van der Waals surface area contributed by atoms with Gasteiger partial charge in [-0.25, -0.2) is 0 Å². The van der Waals surface area contributed by atoms with Crippen molar-refractivity contribution in [2.45, 2.75) is 18.7 Å². The monoisotopic (exact) mass is 349 g/mol. The second-order valence-electron chi connectivity index (χ2n) is 5.26. The molecule has 5 heteroatoms. The zero-order valence-electron chi connectivity index (χ0n) is 13.3. The van der Waals surface area contributed by atoms with Crippen molar-refractivity contribution in [3.05, 3.63) is 58.6 Å². The molecule has 2 aromatic rings. The second-order valence-corrected chi connectivity index (χ2v) is 6.87. The highest BCUT2D eigenvalue weighted by atomic mass is 35.5. The van der Waals surface area contributed by atoms with E-state index in [9.17, 15) is 4.79 Å². The van der Waals surface area contributed by atoms with Gasteiger partial charge in [-0.05, 0) is 61.4 Å². The van der Waals surface area contributed by atoms with E-state index < -0.39 is 0 Å². The lowest BCUT2D eigenvalue weighted by Gasteiger charge is -2.09. The Bertz CT molecular complexity index is 638. The molecule has 0 aliphatic heterocycles. The number of ether oxygens (including phenoxy) is 1. The molecule has 0 bridgehead atoms. The van der Waals surface area contributed by atoms with Gasteiger partial charge in [0, 0.05) is 22.2 Å². The number of thioether (sulfide) groups is 1.